The predicted octanol–water partition coefficient (Wildman–Crippen LogP) is 2.46. The second-order valence-corrected chi connectivity index (χ2v) is 3.29. The Hall–Kier alpha value is -0.610. The number of hydrogen-bond acceptors (Lipinski definition) is 2. The number of nitrogens with two attached hydrogens (primary N) is 1. The van der Waals surface area contributed by atoms with Crippen LogP contribution in [0.2, 0.25) is 0 Å². The Labute approximate surface area is 74.0 Å². The first-order valence-electron chi connectivity index (χ1n) is 3.46. The second kappa shape index (κ2) is 4.42. The van der Waals surface area contributed by atoms with Crippen molar-refractivity contribution in [2.75, 3.05) is 0 Å². The van der Waals surface area contributed by atoms with Crippen molar-refractivity contribution in [2.45, 2.75) is 17.2 Å². The zero-order valence-electron chi connectivity index (χ0n) is 6.34. The van der Waals surface area contributed by atoms with Crippen molar-refractivity contribution in [1.82, 2.24) is 0 Å². The Morgan fingerprint density at radius 3 is 2.75 bits per heavy atom. The van der Waals surface area contributed by atoms with Gasteiger partial charge in [-0.25, -0.2) is 0 Å². The van der Waals surface area contributed by atoms with Gasteiger partial charge >= 0.3 is 0 Å². The van der Waals surface area contributed by atoms with Crippen molar-refractivity contribution in [3.05, 3.63) is 29.8 Å². The molecule has 0 bridgehead atoms. The summed E-state index contributed by atoms with van der Waals surface area (Å²) in [5, 5.41) is 0. The number of thioether (sulfide) groups is 1. The van der Waals surface area contributed by atoms with Crippen LogP contribution in [0.25, 0.3) is 0 Å². The Balaban J connectivity index is 2.72. The van der Waals surface area contributed by atoms with Crippen LogP contribution >= 0.6 is 11.8 Å². The average Bonchev–Trinajstić information content (AvgIpc) is 2.03. The van der Waals surface area contributed by atoms with Gasteiger partial charge < -0.3 is 5.73 Å². The molecule has 0 radical (unpaired) electrons. The molecule has 66 valence electrons. The third-order valence-electron chi connectivity index (χ3n) is 1.36. The monoisotopic (exact) mass is 189 g/mol. The van der Waals surface area contributed by atoms with Gasteiger partial charge in [-0.3, -0.25) is 0 Å². The first kappa shape index (κ1) is 9.48. The normalized spacial score (nSPS) is 10.7. The van der Waals surface area contributed by atoms with Gasteiger partial charge in [0, 0.05) is 11.4 Å². The molecule has 0 aliphatic rings. The van der Waals surface area contributed by atoms with Crippen molar-refractivity contribution in [3.63, 3.8) is 0 Å². The highest BCUT2D eigenvalue weighted by Crippen LogP contribution is 2.25. The summed E-state index contributed by atoms with van der Waals surface area (Å²) >= 11 is 0.539. The summed E-state index contributed by atoms with van der Waals surface area (Å²) in [6, 6.07) is 6.87. The maximum atomic E-state index is 11.9. The van der Waals surface area contributed by atoms with Gasteiger partial charge in [-0.1, -0.05) is 23.9 Å². The molecular formula is C8H9F2NS. The fourth-order valence-electron chi connectivity index (χ4n) is 0.849. The highest BCUT2D eigenvalue weighted by atomic mass is 32.2. The van der Waals surface area contributed by atoms with Crippen molar-refractivity contribution in [2.24, 2.45) is 5.73 Å². The molecule has 0 aliphatic heterocycles. The minimum atomic E-state index is -2.36. The van der Waals surface area contributed by atoms with E-state index in [1.807, 2.05) is 6.07 Å². The van der Waals surface area contributed by atoms with Crippen LogP contribution in [0.15, 0.2) is 29.2 Å². The maximum Gasteiger partial charge on any atom is 0.288 e. The summed E-state index contributed by atoms with van der Waals surface area (Å²) in [4.78, 5) is 0.563. The van der Waals surface area contributed by atoms with E-state index in [1.165, 1.54) is 0 Å². The summed E-state index contributed by atoms with van der Waals surface area (Å²) in [5.74, 6) is -2.36. The Kier molecular flexibility index (Phi) is 3.49. The Morgan fingerprint density at radius 1 is 1.42 bits per heavy atom. The Bertz CT molecular complexity index is 253. The van der Waals surface area contributed by atoms with Gasteiger partial charge in [0.25, 0.3) is 5.76 Å². The van der Waals surface area contributed by atoms with E-state index in [-0.39, 0.29) is 0 Å². The molecule has 4 heteroatoms. The van der Waals surface area contributed by atoms with E-state index in [0.717, 1.165) is 5.56 Å². The average molecular weight is 189 g/mol. The van der Waals surface area contributed by atoms with E-state index in [0.29, 0.717) is 23.2 Å². The van der Waals surface area contributed by atoms with Crippen LogP contribution in [0.1, 0.15) is 5.56 Å². The third kappa shape index (κ3) is 2.79. The van der Waals surface area contributed by atoms with Crippen molar-refractivity contribution in [3.8, 4) is 0 Å². The lowest BCUT2D eigenvalue weighted by Crippen LogP contribution is -1.95. The molecule has 1 aromatic rings. The molecule has 0 amide bonds. The van der Waals surface area contributed by atoms with Crippen LogP contribution in [0, 0.1) is 0 Å². The number of hydrogen-bond donors (Lipinski definition) is 1. The van der Waals surface area contributed by atoms with E-state index < -0.39 is 5.76 Å². The topological polar surface area (TPSA) is 26.0 Å². The molecule has 1 nitrogen and oxygen atoms in total. The molecule has 0 saturated heterocycles. The van der Waals surface area contributed by atoms with Gasteiger partial charge in [0.1, 0.15) is 0 Å². The quantitative estimate of drug-likeness (QED) is 0.739. The molecule has 0 aliphatic carbocycles. The molecular weight excluding hydrogens is 180 g/mol. The lowest BCUT2D eigenvalue weighted by Gasteiger charge is -2.01. The Morgan fingerprint density at radius 2 is 2.17 bits per heavy atom. The molecule has 0 atom stereocenters. The van der Waals surface area contributed by atoms with E-state index >= 15 is 0 Å². The van der Waals surface area contributed by atoms with E-state index in [9.17, 15) is 8.78 Å². The summed E-state index contributed by atoms with van der Waals surface area (Å²) in [7, 11) is 0. The van der Waals surface area contributed by atoms with Gasteiger partial charge in [0.2, 0.25) is 0 Å². The van der Waals surface area contributed by atoms with E-state index in [4.69, 9.17) is 5.73 Å². The molecule has 2 N–H and O–H groups in total. The predicted molar refractivity (Wildman–Crippen MR) is 46.2 cm³/mol. The molecule has 0 fully saturated rings. The molecule has 0 aromatic heterocycles. The molecule has 0 heterocycles. The lowest BCUT2D eigenvalue weighted by atomic mass is 10.2. The first-order chi connectivity index (χ1) is 5.72. The summed E-state index contributed by atoms with van der Waals surface area (Å²) in [5.41, 5.74) is 6.23. The number of halogens is 2. The summed E-state index contributed by atoms with van der Waals surface area (Å²) in [6.45, 7) is 0.387. The largest absolute Gasteiger partial charge is 0.326 e. The van der Waals surface area contributed by atoms with Crippen LogP contribution in [-0.4, -0.2) is 5.76 Å². The first-order valence-corrected chi connectivity index (χ1v) is 4.34. The van der Waals surface area contributed by atoms with Gasteiger partial charge in [-0.15, -0.1) is 0 Å². The number of alkyl halides is 2. The van der Waals surface area contributed by atoms with Crippen LogP contribution in [-0.2, 0) is 6.54 Å². The van der Waals surface area contributed by atoms with E-state index in [2.05, 4.69) is 0 Å². The van der Waals surface area contributed by atoms with Gasteiger partial charge in [-0.2, -0.15) is 8.78 Å². The van der Waals surface area contributed by atoms with Gasteiger partial charge in [-0.05, 0) is 17.7 Å². The highest BCUT2D eigenvalue weighted by Gasteiger charge is 2.04. The maximum absolute atomic E-state index is 11.9. The fourth-order valence-corrected chi connectivity index (χ4v) is 1.43. The highest BCUT2D eigenvalue weighted by molar-refractivity contribution is 7.99. The fraction of sp³-hybridized carbons (Fsp3) is 0.250. The SMILES string of the molecule is NCc1cccc(SC(F)F)c1. The van der Waals surface area contributed by atoms with Crippen molar-refractivity contribution < 1.29 is 8.78 Å². The minimum Gasteiger partial charge on any atom is -0.326 e. The molecule has 0 unspecified atom stereocenters. The van der Waals surface area contributed by atoms with Crippen molar-refractivity contribution >= 4 is 11.8 Å². The molecule has 1 rings (SSSR count). The van der Waals surface area contributed by atoms with Crippen LogP contribution in [0.3, 0.4) is 0 Å². The third-order valence-corrected chi connectivity index (χ3v) is 2.06. The number of benzene rings is 1. The van der Waals surface area contributed by atoms with Crippen molar-refractivity contribution in [1.29, 1.82) is 0 Å². The van der Waals surface area contributed by atoms with Gasteiger partial charge in [0.15, 0.2) is 0 Å². The minimum absolute atomic E-state index is 0.387. The molecule has 0 saturated carbocycles. The van der Waals surface area contributed by atoms with Crippen LogP contribution in [0.4, 0.5) is 8.78 Å². The second-order valence-electron chi connectivity index (χ2n) is 2.23. The molecule has 0 spiro atoms. The van der Waals surface area contributed by atoms with Crippen LogP contribution < -0.4 is 5.73 Å². The lowest BCUT2D eigenvalue weighted by molar-refractivity contribution is 0.252. The molecule has 1 aromatic carbocycles. The van der Waals surface area contributed by atoms with Gasteiger partial charge in [0.05, 0.1) is 0 Å². The smallest absolute Gasteiger partial charge is 0.288 e. The summed E-state index contributed by atoms with van der Waals surface area (Å²) in [6.07, 6.45) is 0. The standard InChI is InChI=1S/C8H9F2NS/c9-8(10)12-7-3-1-2-6(4-7)5-11/h1-4,8H,5,11H2. The summed E-state index contributed by atoms with van der Waals surface area (Å²) < 4.78 is 23.8. The van der Waals surface area contributed by atoms with E-state index in [1.54, 1.807) is 18.2 Å². The zero-order valence-corrected chi connectivity index (χ0v) is 7.15. The number of rotatable bonds is 3. The molecule has 12 heavy (non-hydrogen) atoms. The zero-order chi connectivity index (χ0) is 8.97. The van der Waals surface area contributed by atoms with Crippen LogP contribution in [0.5, 0.6) is 0 Å².